The summed E-state index contributed by atoms with van der Waals surface area (Å²) in [5.41, 5.74) is 1.66. The largest absolute Gasteiger partial charge is 0.353 e. The Bertz CT molecular complexity index is 610. The summed E-state index contributed by atoms with van der Waals surface area (Å²) in [5, 5.41) is 5.86. The monoisotopic (exact) mass is 331 g/mol. The van der Waals surface area contributed by atoms with Gasteiger partial charge in [0.2, 0.25) is 5.91 Å². The first-order valence-corrected chi connectivity index (χ1v) is 9.07. The lowest BCUT2D eigenvalue weighted by molar-refractivity contribution is -0.121. The number of carbonyl (C=O) groups excluding carboxylic acids is 1. The summed E-state index contributed by atoms with van der Waals surface area (Å²) in [6.07, 6.45) is 5.47. The van der Waals surface area contributed by atoms with Crippen molar-refractivity contribution >= 4 is 17.2 Å². The molecule has 1 N–H and O–H groups in total. The third-order valence-electron chi connectivity index (χ3n) is 3.60. The van der Waals surface area contributed by atoms with Crippen LogP contribution >= 0.6 is 11.3 Å². The van der Waals surface area contributed by atoms with Crippen LogP contribution in [0.4, 0.5) is 0 Å². The van der Waals surface area contributed by atoms with Gasteiger partial charge in [0.1, 0.15) is 5.01 Å². The van der Waals surface area contributed by atoms with Gasteiger partial charge < -0.3 is 5.32 Å². The van der Waals surface area contributed by atoms with Gasteiger partial charge in [-0.05, 0) is 31.4 Å². The van der Waals surface area contributed by atoms with E-state index in [1.165, 1.54) is 17.8 Å². The molecule has 0 aliphatic carbocycles. The van der Waals surface area contributed by atoms with Crippen LogP contribution in [0.15, 0.2) is 29.8 Å². The second-order valence-corrected chi connectivity index (χ2v) is 7.19. The summed E-state index contributed by atoms with van der Waals surface area (Å²) in [6, 6.07) is 5.97. The predicted octanol–water partition coefficient (Wildman–Crippen LogP) is 4.08. The molecule has 1 atom stereocenters. The van der Waals surface area contributed by atoms with Crippen LogP contribution in [0.2, 0.25) is 0 Å². The summed E-state index contributed by atoms with van der Waals surface area (Å²) >= 11 is 1.53. The zero-order valence-corrected chi connectivity index (χ0v) is 14.9. The Kier molecular flexibility index (Phi) is 6.71. The van der Waals surface area contributed by atoms with E-state index in [0.717, 1.165) is 35.2 Å². The fourth-order valence-electron chi connectivity index (χ4n) is 2.39. The van der Waals surface area contributed by atoms with Crippen molar-refractivity contribution in [3.8, 4) is 10.7 Å². The minimum absolute atomic E-state index is 0.0416. The lowest BCUT2D eigenvalue weighted by atomic mass is 10.0. The normalized spacial score (nSPS) is 12.3. The van der Waals surface area contributed by atoms with E-state index in [0.29, 0.717) is 6.42 Å². The summed E-state index contributed by atoms with van der Waals surface area (Å²) < 4.78 is 0. The average Bonchev–Trinajstić information content (AvgIpc) is 2.96. The lowest BCUT2D eigenvalue weighted by Crippen LogP contribution is -2.33. The van der Waals surface area contributed by atoms with Gasteiger partial charge in [-0.2, -0.15) is 0 Å². The quantitative estimate of drug-likeness (QED) is 0.793. The lowest BCUT2D eigenvalue weighted by Gasteiger charge is -2.14. The van der Waals surface area contributed by atoms with Crippen molar-refractivity contribution in [1.82, 2.24) is 15.3 Å². The first-order valence-electron chi connectivity index (χ1n) is 8.19. The number of nitrogens with one attached hydrogen (secondary N) is 1. The summed E-state index contributed by atoms with van der Waals surface area (Å²) in [6.45, 7) is 6.52. The zero-order chi connectivity index (χ0) is 16.7. The molecule has 0 saturated heterocycles. The standard InChI is InChI=1S/C18H25N3OS/c1-13(2)7-6-8-14(3)20-17(22)11-15-12-23-18(21-15)16-9-4-5-10-19-16/h4-5,9-10,12-14H,6-8,11H2,1-3H3,(H,20,22). The second kappa shape index (κ2) is 8.77. The van der Waals surface area contributed by atoms with Crippen molar-refractivity contribution in [1.29, 1.82) is 0 Å². The summed E-state index contributed by atoms with van der Waals surface area (Å²) in [5.74, 6) is 0.762. The smallest absolute Gasteiger partial charge is 0.226 e. The molecule has 1 amide bonds. The van der Waals surface area contributed by atoms with Crippen LogP contribution < -0.4 is 5.32 Å². The third-order valence-corrected chi connectivity index (χ3v) is 4.52. The fraction of sp³-hybridized carbons (Fsp3) is 0.500. The maximum Gasteiger partial charge on any atom is 0.226 e. The minimum Gasteiger partial charge on any atom is -0.353 e. The van der Waals surface area contributed by atoms with Gasteiger partial charge in [0.05, 0.1) is 17.8 Å². The van der Waals surface area contributed by atoms with Crippen LogP contribution in [0.1, 0.15) is 45.7 Å². The van der Waals surface area contributed by atoms with Crippen LogP contribution in [0.5, 0.6) is 0 Å². The molecule has 0 saturated carbocycles. The topological polar surface area (TPSA) is 54.9 Å². The van der Waals surface area contributed by atoms with Gasteiger partial charge in [-0.3, -0.25) is 9.78 Å². The number of amides is 1. The van der Waals surface area contributed by atoms with E-state index in [2.05, 4.69) is 36.1 Å². The Morgan fingerprint density at radius 1 is 1.26 bits per heavy atom. The number of nitrogens with zero attached hydrogens (tertiary/aromatic N) is 2. The van der Waals surface area contributed by atoms with E-state index in [9.17, 15) is 4.79 Å². The predicted molar refractivity (Wildman–Crippen MR) is 95.3 cm³/mol. The van der Waals surface area contributed by atoms with Crippen LogP contribution in [-0.2, 0) is 11.2 Å². The Morgan fingerprint density at radius 2 is 2.09 bits per heavy atom. The van der Waals surface area contributed by atoms with Gasteiger partial charge >= 0.3 is 0 Å². The van der Waals surface area contributed by atoms with Crippen LogP contribution in [0.3, 0.4) is 0 Å². The maximum atomic E-state index is 12.1. The van der Waals surface area contributed by atoms with Crippen LogP contribution in [-0.4, -0.2) is 21.9 Å². The molecule has 0 radical (unpaired) electrons. The molecule has 2 aromatic rings. The molecule has 124 valence electrons. The van der Waals surface area contributed by atoms with Crippen molar-refractivity contribution in [2.45, 2.75) is 52.5 Å². The molecule has 1 unspecified atom stereocenters. The first-order chi connectivity index (χ1) is 11.0. The van der Waals surface area contributed by atoms with E-state index >= 15 is 0 Å². The summed E-state index contributed by atoms with van der Waals surface area (Å²) in [7, 11) is 0. The molecular formula is C18H25N3OS. The maximum absolute atomic E-state index is 12.1. The van der Waals surface area contributed by atoms with Crippen molar-refractivity contribution < 1.29 is 4.79 Å². The Hall–Kier alpha value is -1.75. The SMILES string of the molecule is CC(C)CCCC(C)NC(=O)Cc1csc(-c2ccccn2)n1. The van der Waals surface area contributed by atoms with Crippen molar-refractivity contribution in [3.05, 3.63) is 35.5 Å². The van der Waals surface area contributed by atoms with Crippen molar-refractivity contribution in [2.24, 2.45) is 5.92 Å². The van der Waals surface area contributed by atoms with E-state index in [-0.39, 0.29) is 11.9 Å². The minimum atomic E-state index is 0.0416. The van der Waals surface area contributed by atoms with E-state index in [4.69, 9.17) is 0 Å². The number of rotatable bonds is 8. The molecule has 4 nitrogen and oxygen atoms in total. The number of thiazole rings is 1. The molecule has 0 aliphatic rings. The first kappa shape index (κ1) is 17.6. The van der Waals surface area contributed by atoms with Gasteiger partial charge in [0.25, 0.3) is 0 Å². The van der Waals surface area contributed by atoms with Gasteiger partial charge in [0.15, 0.2) is 0 Å². The Labute approximate surface area is 142 Å². The highest BCUT2D eigenvalue weighted by molar-refractivity contribution is 7.13. The van der Waals surface area contributed by atoms with Gasteiger partial charge in [-0.25, -0.2) is 4.98 Å². The number of carbonyl (C=O) groups is 1. The number of hydrogen-bond donors (Lipinski definition) is 1. The van der Waals surface area contributed by atoms with Crippen molar-refractivity contribution in [3.63, 3.8) is 0 Å². The van der Waals surface area contributed by atoms with Crippen LogP contribution in [0, 0.1) is 5.92 Å². The fourth-order valence-corrected chi connectivity index (χ4v) is 3.19. The highest BCUT2D eigenvalue weighted by Crippen LogP contribution is 2.21. The zero-order valence-electron chi connectivity index (χ0n) is 14.1. The number of pyridine rings is 1. The highest BCUT2D eigenvalue weighted by atomic mass is 32.1. The van der Waals surface area contributed by atoms with Crippen LogP contribution in [0.25, 0.3) is 10.7 Å². The molecule has 0 spiro atoms. The molecule has 0 aromatic carbocycles. The molecule has 0 fully saturated rings. The number of hydrogen-bond acceptors (Lipinski definition) is 4. The molecule has 2 rings (SSSR count). The molecule has 23 heavy (non-hydrogen) atoms. The number of aromatic nitrogens is 2. The molecule has 2 aromatic heterocycles. The summed E-state index contributed by atoms with van der Waals surface area (Å²) in [4.78, 5) is 20.9. The molecular weight excluding hydrogens is 306 g/mol. The van der Waals surface area contributed by atoms with Gasteiger partial charge in [-0.1, -0.05) is 32.8 Å². The highest BCUT2D eigenvalue weighted by Gasteiger charge is 2.12. The van der Waals surface area contributed by atoms with Gasteiger partial charge in [-0.15, -0.1) is 11.3 Å². The molecule has 0 bridgehead atoms. The molecule has 5 heteroatoms. The van der Waals surface area contributed by atoms with E-state index in [1.807, 2.05) is 23.6 Å². The molecule has 2 heterocycles. The Balaban J connectivity index is 1.80. The van der Waals surface area contributed by atoms with E-state index < -0.39 is 0 Å². The second-order valence-electron chi connectivity index (χ2n) is 6.33. The van der Waals surface area contributed by atoms with Crippen molar-refractivity contribution in [2.75, 3.05) is 0 Å². The molecule has 0 aliphatic heterocycles. The van der Waals surface area contributed by atoms with Gasteiger partial charge in [0, 0.05) is 17.6 Å². The third kappa shape index (κ3) is 6.10. The van der Waals surface area contributed by atoms with E-state index in [1.54, 1.807) is 6.20 Å². The Morgan fingerprint density at radius 3 is 2.78 bits per heavy atom. The average molecular weight is 331 g/mol.